The van der Waals surface area contributed by atoms with Gasteiger partial charge in [-0.25, -0.2) is 17.9 Å². The van der Waals surface area contributed by atoms with E-state index in [1.54, 1.807) is 37.3 Å². The number of sulfonamides is 1. The molecule has 0 unspecified atom stereocenters. The number of hydrogen-bond donors (Lipinski definition) is 2. The summed E-state index contributed by atoms with van der Waals surface area (Å²) in [5.74, 6) is -0.962. The van der Waals surface area contributed by atoms with Crippen LogP contribution < -0.4 is 10.0 Å². The molecule has 0 atom stereocenters. The molecule has 0 saturated heterocycles. The first kappa shape index (κ1) is 26.1. The molecule has 0 bridgehead atoms. The maximum absolute atomic E-state index is 12.5. The Morgan fingerprint density at radius 2 is 1.79 bits per heavy atom. The lowest BCUT2D eigenvalue weighted by molar-refractivity contribution is -0.111. The number of nitrogens with zero attached hydrogens (tertiary/aromatic N) is 1. The summed E-state index contributed by atoms with van der Waals surface area (Å²) in [7, 11) is -3.45. The highest BCUT2D eigenvalue weighted by Crippen LogP contribution is 2.25. The number of carbonyl (C=O) groups excluding carboxylic acids is 2. The second-order valence-corrected chi connectivity index (χ2v) is 9.15. The van der Waals surface area contributed by atoms with Gasteiger partial charge in [-0.05, 0) is 51.5 Å². The molecule has 178 valence electrons. The van der Waals surface area contributed by atoms with Crippen LogP contribution in [0.1, 0.15) is 46.7 Å². The van der Waals surface area contributed by atoms with E-state index in [0.29, 0.717) is 28.9 Å². The minimum atomic E-state index is -3.45. The van der Waals surface area contributed by atoms with E-state index < -0.39 is 16.0 Å². The maximum Gasteiger partial charge on any atom is 0.340 e. The van der Waals surface area contributed by atoms with Crippen LogP contribution in [-0.4, -0.2) is 38.0 Å². The van der Waals surface area contributed by atoms with Gasteiger partial charge in [-0.3, -0.25) is 4.79 Å². The van der Waals surface area contributed by atoms with Crippen LogP contribution in [0.3, 0.4) is 0 Å². The van der Waals surface area contributed by atoms with Gasteiger partial charge in [0.25, 0.3) is 0 Å². The summed E-state index contributed by atoms with van der Waals surface area (Å²) in [6, 6.07) is 6.55. The number of rotatable bonds is 11. The number of hydrogen-bond acceptors (Lipinski definition) is 5. The van der Waals surface area contributed by atoms with Crippen molar-refractivity contribution in [2.24, 2.45) is 0 Å². The second kappa shape index (κ2) is 11.6. The number of amides is 1. The molecule has 2 N–H and O–H groups in total. The molecule has 0 spiro atoms. The number of benzene rings is 1. The Labute approximate surface area is 195 Å². The van der Waals surface area contributed by atoms with E-state index in [0.717, 1.165) is 11.4 Å². The third kappa shape index (κ3) is 6.90. The molecule has 1 aromatic carbocycles. The average molecular weight is 474 g/mol. The van der Waals surface area contributed by atoms with Gasteiger partial charge in [-0.1, -0.05) is 18.2 Å². The molecule has 0 aliphatic rings. The predicted octanol–water partition coefficient (Wildman–Crippen LogP) is 3.56. The van der Waals surface area contributed by atoms with Crippen molar-refractivity contribution in [1.29, 1.82) is 0 Å². The Morgan fingerprint density at radius 1 is 1.12 bits per heavy atom. The fraction of sp³-hybridized carbons (Fsp3) is 0.333. The summed E-state index contributed by atoms with van der Waals surface area (Å²) >= 11 is 0. The molecule has 33 heavy (non-hydrogen) atoms. The summed E-state index contributed by atoms with van der Waals surface area (Å²) in [5, 5.41) is 2.74. The third-order valence-electron chi connectivity index (χ3n) is 5.05. The Balaban J connectivity index is 2.14. The van der Waals surface area contributed by atoms with Crippen molar-refractivity contribution < 1.29 is 22.7 Å². The van der Waals surface area contributed by atoms with Crippen molar-refractivity contribution in [3.63, 3.8) is 0 Å². The monoisotopic (exact) mass is 473 g/mol. The van der Waals surface area contributed by atoms with Crippen LogP contribution in [0.25, 0.3) is 6.08 Å². The first-order chi connectivity index (χ1) is 15.6. The smallest absolute Gasteiger partial charge is 0.340 e. The minimum absolute atomic E-state index is 0.168. The first-order valence-electron chi connectivity index (χ1n) is 10.7. The van der Waals surface area contributed by atoms with Gasteiger partial charge in [0, 0.05) is 41.8 Å². The van der Waals surface area contributed by atoms with E-state index in [9.17, 15) is 18.0 Å². The Hall–Kier alpha value is -3.17. The molecule has 9 heteroatoms. The zero-order chi connectivity index (χ0) is 24.6. The largest absolute Gasteiger partial charge is 0.462 e. The van der Waals surface area contributed by atoms with E-state index in [-0.39, 0.29) is 24.8 Å². The summed E-state index contributed by atoms with van der Waals surface area (Å²) in [6.45, 7) is 12.1. The van der Waals surface area contributed by atoms with Crippen LogP contribution in [0, 0.1) is 13.8 Å². The number of anilines is 1. The van der Waals surface area contributed by atoms with Crippen LogP contribution in [0.4, 0.5) is 5.69 Å². The molecule has 0 aliphatic carbocycles. The van der Waals surface area contributed by atoms with Gasteiger partial charge >= 0.3 is 5.97 Å². The summed E-state index contributed by atoms with van der Waals surface area (Å²) in [6.07, 6.45) is 4.45. The number of aromatic nitrogens is 1. The van der Waals surface area contributed by atoms with Gasteiger partial charge in [0.15, 0.2) is 0 Å². The summed E-state index contributed by atoms with van der Waals surface area (Å²) in [5.41, 5.74) is 3.88. The molecule has 1 aromatic heterocycles. The highest BCUT2D eigenvalue weighted by Gasteiger charge is 2.22. The van der Waals surface area contributed by atoms with Crippen LogP contribution in [-0.2, 0) is 31.9 Å². The average Bonchev–Trinajstić information content (AvgIpc) is 3.01. The number of ether oxygens (including phenoxy) is 1. The molecule has 8 nitrogen and oxygen atoms in total. The van der Waals surface area contributed by atoms with Gasteiger partial charge in [-0.2, -0.15) is 0 Å². The van der Waals surface area contributed by atoms with Gasteiger partial charge in [0.2, 0.25) is 15.9 Å². The second-order valence-electron chi connectivity index (χ2n) is 7.34. The van der Waals surface area contributed by atoms with Crippen molar-refractivity contribution in [3.05, 3.63) is 71.1 Å². The quantitative estimate of drug-likeness (QED) is 0.295. The normalized spacial score (nSPS) is 11.5. The number of nitrogens with one attached hydrogen (secondary N) is 2. The van der Waals surface area contributed by atoms with Crippen molar-refractivity contribution >= 4 is 33.7 Å². The lowest BCUT2D eigenvalue weighted by Crippen LogP contribution is -2.25. The maximum atomic E-state index is 12.5. The highest BCUT2D eigenvalue weighted by atomic mass is 32.2. The molecular formula is C24H31N3O5S. The van der Waals surface area contributed by atoms with Gasteiger partial charge < -0.3 is 14.6 Å². The zero-order valence-electron chi connectivity index (χ0n) is 19.5. The molecule has 0 aliphatic heterocycles. The molecule has 0 radical (unpaired) electrons. The minimum Gasteiger partial charge on any atom is -0.462 e. The lowest BCUT2D eigenvalue weighted by atomic mass is 10.1. The molecule has 1 heterocycles. The van der Waals surface area contributed by atoms with Gasteiger partial charge in [0.1, 0.15) is 0 Å². The molecule has 2 aromatic rings. The fourth-order valence-corrected chi connectivity index (χ4v) is 4.64. The van der Waals surface area contributed by atoms with Crippen LogP contribution in [0.2, 0.25) is 0 Å². The highest BCUT2D eigenvalue weighted by molar-refractivity contribution is 7.88. The molecule has 2 rings (SSSR count). The van der Waals surface area contributed by atoms with Crippen molar-refractivity contribution in [2.45, 2.75) is 40.0 Å². The fourth-order valence-electron chi connectivity index (χ4n) is 3.53. The van der Waals surface area contributed by atoms with Crippen molar-refractivity contribution in [2.75, 3.05) is 18.5 Å². The van der Waals surface area contributed by atoms with Gasteiger partial charge in [0.05, 0.1) is 17.9 Å². The Bertz CT molecular complexity index is 1150. The van der Waals surface area contributed by atoms with E-state index >= 15 is 0 Å². The predicted molar refractivity (Wildman–Crippen MR) is 130 cm³/mol. The van der Waals surface area contributed by atoms with Gasteiger partial charge in [-0.15, -0.1) is 6.58 Å². The molecule has 0 fully saturated rings. The third-order valence-corrected chi connectivity index (χ3v) is 6.37. The Kier molecular flexibility index (Phi) is 9.19. The van der Waals surface area contributed by atoms with Crippen molar-refractivity contribution in [3.8, 4) is 0 Å². The topological polar surface area (TPSA) is 106 Å². The number of carbonyl (C=O) groups is 2. The first-order valence-corrected chi connectivity index (χ1v) is 12.3. The van der Waals surface area contributed by atoms with Crippen LogP contribution in [0.5, 0.6) is 0 Å². The summed E-state index contributed by atoms with van der Waals surface area (Å²) < 4.78 is 33.5. The van der Waals surface area contributed by atoms with Crippen LogP contribution >= 0.6 is 0 Å². The van der Waals surface area contributed by atoms with E-state index in [1.165, 1.54) is 12.2 Å². The lowest BCUT2D eigenvalue weighted by Gasteiger charge is -2.07. The molecule has 0 saturated carbocycles. The SMILES string of the molecule is C=CCNS(=O)(=O)Cc1ccc(NC(=O)/C=C/c2c(C(=O)OCC)c(C)n(CC)c2C)cc1. The van der Waals surface area contributed by atoms with E-state index in [1.807, 2.05) is 25.3 Å². The standard InChI is InChI=1S/C24H31N3O5S/c1-6-15-25-33(30,31)16-19-9-11-20(12-10-19)26-22(28)14-13-21-17(4)27(7-2)18(5)23(21)24(29)32-8-3/h6,9-14,25H,1,7-8,15-16H2,2-5H3,(H,26,28)/b14-13+. The van der Waals surface area contributed by atoms with Crippen LogP contribution in [0.15, 0.2) is 43.0 Å². The number of esters is 1. The molecular weight excluding hydrogens is 442 g/mol. The Morgan fingerprint density at radius 3 is 2.36 bits per heavy atom. The molecule has 1 amide bonds. The summed E-state index contributed by atoms with van der Waals surface area (Å²) in [4.78, 5) is 24.9. The van der Waals surface area contributed by atoms with E-state index in [4.69, 9.17) is 4.74 Å². The zero-order valence-corrected chi connectivity index (χ0v) is 20.3. The van der Waals surface area contributed by atoms with Crippen molar-refractivity contribution in [1.82, 2.24) is 9.29 Å². The van der Waals surface area contributed by atoms with E-state index in [2.05, 4.69) is 16.6 Å².